The fraction of sp³-hybridized carbons (Fsp3) is 0.583. The molecule has 1 aliphatic rings. The first-order valence-electron chi connectivity index (χ1n) is 11.9. The van der Waals surface area contributed by atoms with E-state index in [-0.39, 0.29) is 33.4 Å². The molecule has 1 unspecified atom stereocenters. The Bertz CT molecular complexity index is 1220. The van der Waals surface area contributed by atoms with Crippen LogP contribution >= 0.6 is 11.6 Å². The van der Waals surface area contributed by atoms with E-state index in [0.717, 1.165) is 6.92 Å². The van der Waals surface area contributed by atoms with Gasteiger partial charge in [-0.05, 0) is 57.6 Å². The zero-order valence-electron chi connectivity index (χ0n) is 21.1. The van der Waals surface area contributed by atoms with Crippen LogP contribution in [0.25, 0.3) is 11.3 Å². The molecular formula is C24H31ClF3N3O5S. The van der Waals surface area contributed by atoms with Crippen molar-refractivity contribution in [1.29, 1.82) is 0 Å². The Morgan fingerprint density at radius 1 is 1.27 bits per heavy atom. The SMILES string of the molecule is CCn1nc(C(=O)NC[C@H]2CC[C@H](S(C)(=O)=O)CC2)c(Cl)c1-c1ccc(OC(C)C(F)(F)F)cc1OC. The molecule has 0 bridgehead atoms. The number of nitrogens with zero attached hydrogens (tertiary/aromatic N) is 2. The topological polar surface area (TPSA) is 99.5 Å². The van der Waals surface area contributed by atoms with Crippen LogP contribution in [0.5, 0.6) is 11.5 Å². The van der Waals surface area contributed by atoms with Crippen molar-refractivity contribution in [3.05, 3.63) is 28.9 Å². The number of methoxy groups -OCH3 is 1. The van der Waals surface area contributed by atoms with Gasteiger partial charge in [0.25, 0.3) is 5.91 Å². The standard InChI is InChI=1S/C24H31ClF3N3O5S/c1-5-31-22(18-11-8-16(12-19(18)35-3)36-14(2)24(26,27)28)20(25)21(30-31)23(32)29-13-15-6-9-17(10-7-15)37(4,33)34/h8,11-12,14-15,17H,5-7,9-10,13H2,1-4H3,(H,29,32)/t14?,15-,17-. The lowest BCUT2D eigenvalue weighted by atomic mass is 9.89. The van der Waals surface area contributed by atoms with Crippen LogP contribution in [-0.4, -0.2) is 61.5 Å². The molecule has 0 aliphatic heterocycles. The van der Waals surface area contributed by atoms with Crippen LogP contribution < -0.4 is 14.8 Å². The van der Waals surface area contributed by atoms with E-state index in [0.29, 0.717) is 50.0 Å². The van der Waals surface area contributed by atoms with Gasteiger partial charge < -0.3 is 14.8 Å². The van der Waals surface area contributed by atoms with Crippen molar-refractivity contribution >= 4 is 27.3 Å². The minimum absolute atomic E-state index is 0.0106. The van der Waals surface area contributed by atoms with Crippen molar-refractivity contribution in [1.82, 2.24) is 15.1 Å². The number of alkyl halides is 3. The van der Waals surface area contributed by atoms with E-state index in [1.807, 2.05) is 6.92 Å². The van der Waals surface area contributed by atoms with Crippen LogP contribution in [0, 0.1) is 5.92 Å². The van der Waals surface area contributed by atoms with E-state index >= 15 is 0 Å². The van der Waals surface area contributed by atoms with Crippen LogP contribution in [-0.2, 0) is 16.4 Å². The highest BCUT2D eigenvalue weighted by Crippen LogP contribution is 2.39. The summed E-state index contributed by atoms with van der Waals surface area (Å²) < 4.78 is 74.1. The smallest absolute Gasteiger partial charge is 0.425 e. The van der Waals surface area contributed by atoms with E-state index in [4.69, 9.17) is 21.1 Å². The van der Waals surface area contributed by atoms with E-state index in [2.05, 4.69) is 10.4 Å². The number of nitrogens with one attached hydrogen (secondary N) is 1. The molecule has 1 amide bonds. The maximum atomic E-state index is 12.9. The number of benzene rings is 1. The number of amides is 1. The maximum absolute atomic E-state index is 12.9. The number of aromatic nitrogens is 2. The molecule has 1 N–H and O–H groups in total. The average Bonchev–Trinajstić information content (AvgIpc) is 3.17. The third kappa shape index (κ3) is 6.90. The van der Waals surface area contributed by atoms with Crippen molar-refractivity contribution in [2.45, 2.75) is 63.6 Å². The van der Waals surface area contributed by atoms with Crippen LogP contribution in [0.3, 0.4) is 0 Å². The first-order valence-corrected chi connectivity index (χ1v) is 14.2. The summed E-state index contributed by atoms with van der Waals surface area (Å²) in [6, 6.07) is 4.21. The zero-order chi connectivity index (χ0) is 27.5. The van der Waals surface area contributed by atoms with Gasteiger partial charge in [-0.2, -0.15) is 18.3 Å². The Kier molecular flexibility index (Phi) is 9.05. The Balaban J connectivity index is 1.78. The molecule has 3 rings (SSSR count). The van der Waals surface area contributed by atoms with Gasteiger partial charge in [0.2, 0.25) is 0 Å². The lowest BCUT2D eigenvalue weighted by molar-refractivity contribution is -0.189. The van der Waals surface area contributed by atoms with Crippen LogP contribution in [0.1, 0.15) is 50.0 Å². The normalized spacial score (nSPS) is 19.4. The third-order valence-corrected chi connectivity index (χ3v) is 8.60. The number of carbonyl (C=O) groups excluding carboxylic acids is 1. The Morgan fingerprint density at radius 2 is 1.92 bits per heavy atom. The molecular weight excluding hydrogens is 535 g/mol. The Morgan fingerprint density at radius 3 is 2.46 bits per heavy atom. The van der Waals surface area contributed by atoms with Crippen LogP contribution in [0.15, 0.2) is 18.2 Å². The molecule has 1 aromatic heterocycles. The van der Waals surface area contributed by atoms with Gasteiger partial charge in [0, 0.05) is 31.0 Å². The van der Waals surface area contributed by atoms with Crippen molar-refractivity contribution in [2.24, 2.45) is 5.92 Å². The molecule has 13 heteroatoms. The summed E-state index contributed by atoms with van der Waals surface area (Å²) in [6.07, 6.45) is -2.76. The van der Waals surface area contributed by atoms with Gasteiger partial charge in [0.1, 0.15) is 21.3 Å². The molecule has 2 aromatic rings. The van der Waals surface area contributed by atoms with E-state index in [1.165, 1.54) is 36.2 Å². The number of hydrogen-bond acceptors (Lipinski definition) is 6. The maximum Gasteiger partial charge on any atom is 0.425 e. The molecule has 1 saturated carbocycles. The van der Waals surface area contributed by atoms with Gasteiger partial charge in [0.05, 0.1) is 23.1 Å². The highest BCUT2D eigenvalue weighted by atomic mass is 35.5. The van der Waals surface area contributed by atoms with Crippen LogP contribution in [0.4, 0.5) is 13.2 Å². The van der Waals surface area contributed by atoms with Crippen molar-refractivity contribution in [3.8, 4) is 22.8 Å². The second-order valence-corrected chi connectivity index (χ2v) is 11.9. The number of aryl methyl sites for hydroxylation is 1. The zero-order valence-corrected chi connectivity index (χ0v) is 22.6. The Hall–Kier alpha value is -2.47. The highest BCUT2D eigenvalue weighted by Gasteiger charge is 2.38. The largest absolute Gasteiger partial charge is 0.496 e. The molecule has 1 aromatic carbocycles. The predicted octanol–water partition coefficient (Wildman–Crippen LogP) is 4.89. The molecule has 206 valence electrons. The Labute approximate surface area is 219 Å². The molecule has 0 radical (unpaired) electrons. The van der Waals surface area contributed by atoms with Gasteiger partial charge in [-0.15, -0.1) is 0 Å². The fourth-order valence-electron chi connectivity index (χ4n) is 4.37. The van der Waals surface area contributed by atoms with Crippen LogP contribution in [0.2, 0.25) is 5.02 Å². The molecule has 1 atom stereocenters. The van der Waals surface area contributed by atoms with Gasteiger partial charge in [-0.25, -0.2) is 8.42 Å². The van der Waals surface area contributed by atoms with Gasteiger partial charge in [-0.3, -0.25) is 9.48 Å². The molecule has 1 aliphatic carbocycles. The highest BCUT2D eigenvalue weighted by molar-refractivity contribution is 7.91. The lowest BCUT2D eigenvalue weighted by Crippen LogP contribution is -2.34. The average molecular weight is 566 g/mol. The minimum Gasteiger partial charge on any atom is -0.496 e. The molecule has 0 saturated heterocycles. The van der Waals surface area contributed by atoms with Gasteiger partial charge in [-0.1, -0.05) is 11.6 Å². The summed E-state index contributed by atoms with van der Waals surface area (Å²) >= 11 is 6.59. The molecule has 37 heavy (non-hydrogen) atoms. The van der Waals surface area contributed by atoms with E-state index < -0.39 is 28.0 Å². The summed E-state index contributed by atoms with van der Waals surface area (Å²) in [5.41, 5.74) is 0.832. The summed E-state index contributed by atoms with van der Waals surface area (Å²) in [5, 5.41) is 6.94. The number of sulfone groups is 1. The first kappa shape index (κ1) is 29.1. The minimum atomic E-state index is -4.52. The summed E-state index contributed by atoms with van der Waals surface area (Å²) in [6.45, 7) is 3.45. The van der Waals surface area contributed by atoms with Crippen molar-refractivity contribution in [2.75, 3.05) is 19.9 Å². The summed E-state index contributed by atoms with van der Waals surface area (Å²) in [7, 11) is -1.70. The molecule has 1 heterocycles. The number of ether oxygens (including phenoxy) is 2. The quantitative estimate of drug-likeness (QED) is 0.464. The van der Waals surface area contributed by atoms with Crippen molar-refractivity contribution in [3.63, 3.8) is 0 Å². The first-order chi connectivity index (χ1) is 17.3. The number of halogens is 4. The predicted molar refractivity (Wildman–Crippen MR) is 134 cm³/mol. The third-order valence-electron chi connectivity index (χ3n) is 6.56. The molecule has 8 nitrogen and oxygen atoms in total. The van der Waals surface area contributed by atoms with E-state index in [9.17, 15) is 26.4 Å². The number of rotatable bonds is 9. The summed E-state index contributed by atoms with van der Waals surface area (Å²) in [4.78, 5) is 12.9. The van der Waals surface area contributed by atoms with Gasteiger partial charge in [0.15, 0.2) is 11.8 Å². The monoisotopic (exact) mass is 565 g/mol. The fourth-order valence-corrected chi connectivity index (χ4v) is 5.82. The summed E-state index contributed by atoms with van der Waals surface area (Å²) in [5.74, 6) is -0.146. The second kappa shape index (κ2) is 11.5. The van der Waals surface area contributed by atoms with Gasteiger partial charge >= 0.3 is 6.18 Å². The lowest BCUT2D eigenvalue weighted by Gasteiger charge is -2.27. The second-order valence-electron chi connectivity index (χ2n) is 9.17. The van der Waals surface area contributed by atoms with Crippen molar-refractivity contribution < 1.29 is 35.9 Å². The number of hydrogen-bond donors (Lipinski definition) is 1. The van der Waals surface area contributed by atoms with E-state index in [1.54, 1.807) is 0 Å². The molecule has 0 spiro atoms. The number of carbonyl (C=O) groups is 1. The molecule has 1 fully saturated rings.